The molecule has 0 aliphatic carbocycles. The van der Waals surface area contributed by atoms with Crippen LogP contribution in [-0.2, 0) is 6.42 Å². The van der Waals surface area contributed by atoms with Crippen molar-refractivity contribution in [1.29, 1.82) is 0 Å². The van der Waals surface area contributed by atoms with Crippen molar-refractivity contribution in [3.05, 3.63) is 59.1 Å². The van der Waals surface area contributed by atoms with E-state index in [9.17, 15) is 0 Å². The second-order valence-corrected chi connectivity index (χ2v) is 4.72. The lowest BCUT2D eigenvalue weighted by molar-refractivity contribution is 0.424. The molecule has 5 nitrogen and oxygen atoms in total. The van der Waals surface area contributed by atoms with Crippen LogP contribution in [0.5, 0.6) is 0 Å². The summed E-state index contributed by atoms with van der Waals surface area (Å²) in [6, 6.07) is 8.98. The first kappa shape index (κ1) is 12.6. The summed E-state index contributed by atoms with van der Waals surface area (Å²) in [7, 11) is 0. The summed E-state index contributed by atoms with van der Waals surface area (Å²) in [4.78, 5) is 8.31. The van der Waals surface area contributed by atoms with Gasteiger partial charge in [0.05, 0.1) is 5.56 Å². The summed E-state index contributed by atoms with van der Waals surface area (Å²) in [6.45, 7) is 0. The Morgan fingerprint density at radius 3 is 2.70 bits per heavy atom. The Bertz CT molecular complexity index is 727. The molecule has 6 heteroatoms. The van der Waals surface area contributed by atoms with Crippen LogP contribution in [0.25, 0.3) is 11.5 Å². The van der Waals surface area contributed by atoms with Gasteiger partial charge in [0.25, 0.3) is 5.89 Å². The largest absolute Gasteiger partial charge is 0.398 e. The van der Waals surface area contributed by atoms with Crippen LogP contribution in [0.15, 0.2) is 47.2 Å². The van der Waals surface area contributed by atoms with Gasteiger partial charge in [-0.2, -0.15) is 4.98 Å². The van der Waals surface area contributed by atoms with Gasteiger partial charge in [0.1, 0.15) is 0 Å². The van der Waals surface area contributed by atoms with Crippen LogP contribution in [0.4, 0.5) is 5.69 Å². The molecule has 0 saturated heterocycles. The Morgan fingerprint density at radius 2 is 1.95 bits per heavy atom. The quantitative estimate of drug-likeness (QED) is 0.749. The van der Waals surface area contributed by atoms with Crippen LogP contribution in [0.2, 0.25) is 5.02 Å². The summed E-state index contributed by atoms with van der Waals surface area (Å²) in [5.41, 5.74) is 8.15. The number of nitrogen functional groups attached to an aromatic ring is 1. The maximum atomic E-state index is 5.89. The SMILES string of the molecule is Nc1cc(Cl)ccc1-c1nc(Cc2ccncc2)no1. The van der Waals surface area contributed by atoms with Gasteiger partial charge < -0.3 is 10.3 Å². The highest BCUT2D eigenvalue weighted by Crippen LogP contribution is 2.27. The van der Waals surface area contributed by atoms with Gasteiger partial charge in [-0.1, -0.05) is 16.8 Å². The molecule has 2 heterocycles. The van der Waals surface area contributed by atoms with Crippen LogP contribution in [0.1, 0.15) is 11.4 Å². The third-order valence-corrected chi connectivity index (χ3v) is 3.06. The van der Waals surface area contributed by atoms with Crippen LogP contribution in [-0.4, -0.2) is 15.1 Å². The minimum Gasteiger partial charge on any atom is -0.398 e. The van der Waals surface area contributed by atoms with E-state index in [-0.39, 0.29) is 0 Å². The Balaban J connectivity index is 1.87. The molecule has 0 spiro atoms. The Hall–Kier alpha value is -2.40. The van der Waals surface area contributed by atoms with E-state index >= 15 is 0 Å². The molecule has 3 rings (SSSR count). The Morgan fingerprint density at radius 1 is 1.15 bits per heavy atom. The third-order valence-electron chi connectivity index (χ3n) is 2.82. The predicted molar refractivity (Wildman–Crippen MR) is 76.2 cm³/mol. The van der Waals surface area contributed by atoms with Gasteiger partial charge in [-0.05, 0) is 35.9 Å². The van der Waals surface area contributed by atoms with E-state index in [1.165, 1.54) is 0 Å². The van der Waals surface area contributed by atoms with Crippen molar-refractivity contribution in [1.82, 2.24) is 15.1 Å². The van der Waals surface area contributed by atoms with E-state index in [1.807, 2.05) is 12.1 Å². The number of nitrogens with zero attached hydrogens (tertiary/aromatic N) is 3. The standard InChI is InChI=1S/C14H11ClN4O/c15-10-1-2-11(12(16)8-10)14-18-13(19-20-14)7-9-3-5-17-6-4-9/h1-6,8H,7,16H2. The molecule has 0 saturated carbocycles. The molecule has 1 aromatic carbocycles. The van der Waals surface area contributed by atoms with E-state index in [0.717, 1.165) is 5.56 Å². The first-order chi connectivity index (χ1) is 9.72. The fourth-order valence-corrected chi connectivity index (χ4v) is 2.03. The molecule has 0 atom stereocenters. The average Bonchev–Trinajstić information content (AvgIpc) is 2.88. The lowest BCUT2D eigenvalue weighted by Crippen LogP contribution is -1.92. The van der Waals surface area contributed by atoms with Crippen molar-refractivity contribution in [3.8, 4) is 11.5 Å². The maximum absolute atomic E-state index is 5.89. The Labute approximate surface area is 120 Å². The van der Waals surface area contributed by atoms with Gasteiger partial charge in [0, 0.05) is 29.5 Å². The van der Waals surface area contributed by atoms with Gasteiger partial charge in [-0.25, -0.2) is 0 Å². The van der Waals surface area contributed by atoms with Crippen molar-refractivity contribution in [2.45, 2.75) is 6.42 Å². The van der Waals surface area contributed by atoms with Gasteiger partial charge in [-0.15, -0.1) is 0 Å². The first-order valence-corrected chi connectivity index (χ1v) is 6.37. The number of anilines is 1. The predicted octanol–water partition coefficient (Wildman–Crippen LogP) is 2.96. The topological polar surface area (TPSA) is 77.8 Å². The normalized spacial score (nSPS) is 10.7. The van der Waals surface area contributed by atoms with Crippen molar-refractivity contribution in [2.24, 2.45) is 0 Å². The first-order valence-electron chi connectivity index (χ1n) is 5.99. The molecule has 0 bridgehead atoms. The number of nitrogens with two attached hydrogens (primary N) is 1. The fourth-order valence-electron chi connectivity index (χ4n) is 1.85. The summed E-state index contributed by atoms with van der Waals surface area (Å²) < 4.78 is 5.24. The zero-order valence-electron chi connectivity index (χ0n) is 10.5. The zero-order valence-corrected chi connectivity index (χ0v) is 11.2. The second-order valence-electron chi connectivity index (χ2n) is 4.28. The number of hydrogen-bond donors (Lipinski definition) is 1. The summed E-state index contributed by atoms with van der Waals surface area (Å²) in [6.07, 6.45) is 4.04. The number of halogens is 1. The molecule has 0 radical (unpaired) electrons. The molecule has 0 unspecified atom stereocenters. The molecule has 0 aliphatic rings. The molecule has 3 aromatic rings. The highest BCUT2D eigenvalue weighted by Gasteiger charge is 2.12. The van der Waals surface area contributed by atoms with Crippen LogP contribution in [0.3, 0.4) is 0 Å². The molecule has 2 aromatic heterocycles. The van der Waals surface area contributed by atoms with Gasteiger partial charge >= 0.3 is 0 Å². The van der Waals surface area contributed by atoms with Crippen LogP contribution in [0, 0.1) is 0 Å². The molecular formula is C14H11ClN4O. The molecule has 100 valence electrons. The number of aromatic nitrogens is 3. The third kappa shape index (κ3) is 2.62. The van der Waals surface area contributed by atoms with E-state index in [0.29, 0.717) is 34.4 Å². The molecule has 2 N–H and O–H groups in total. The molecule has 20 heavy (non-hydrogen) atoms. The van der Waals surface area contributed by atoms with Gasteiger partial charge in [-0.3, -0.25) is 4.98 Å². The fraction of sp³-hybridized carbons (Fsp3) is 0.0714. The number of benzene rings is 1. The van der Waals surface area contributed by atoms with E-state index in [4.69, 9.17) is 21.9 Å². The number of rotatable bonds is 3. The van der Waals surface area contributed by atoms with Crippen molar-refractivity contribution in [2.75, 3.05) is 5.73 Å². The van der Waals surface area contributed by atoms with Gasteiger partial charge in [0.15, 0.2) is 5.82 Å². The lowest BCUT2D eigenvalue weighted by atomic mass is 10.2. The zero-order chi connectivity index (χ0) is 13.9. The lowest BCUT2D eigenvalue weighted by Gasteiger charge is -2.00. The highest BCUT2D eigenvalue weighted by molar-refractivity contribution is 6.31. The second kappa shape index (κ2) is 5.30. The highest BCUT2D eigenvalue weighted by atomic mass is 35.5. The molecule has 0 amide bonds. The Kier molecular flexibility index (Phi) is 3.35. The van der Waals surface area contributed by atoms with Crippen molar-refractivity contribution < 1.29 is 4.52 Å². The maximum Gasteiger partial charge on any atom is 0.260 e. The molecular weight excluding hydrogens is 276 g/mol. The van der Waals surface area contributed by atoms with Gasteiger partial charge in [0.2, 0.25) is 0 Å². The van der Waals surface area contributed by atoms with Crippen molar-refractivity contribution >= 4 is 17.3 Å². The monoisotopic (exact) mass is 286 g/mol. The summed E-state index contributed by atoms with van der Waals surface area (Å²) in [5.74, 6) is 0.990. The van der Waals surface area contributed by atoms with Crippen LogP contribution >= 0.6 is 11.6 Å². The number of pyridine rings is 1. The minimum absolute atomic E-state index is 0.392. The number of hydrogen-bond acceptors (Lipinski definition) is 5. The molecule has 0 aliphatic heterocycles. The van der Waals surface area contributed by atoms with Crippen LogP contribution < -0.4 is 5.73 Å². The van der Waals surface area contributed by atoms with Crippen molar-refractivity contribution in [3.63, 3.8) is 0 Å². The molecule has 0 fully saturated rings. The average molecular weight is 287 g/mol. The summed E-state index contributed by atoms with van der Waals surface area (Å²) >= 11 is 5.86. The van der Waals surface area contributed by atoms with E-state index in [1.54, 1.807) is 30.6 Å². The van der Waals surface area contributed by atoms with E-state index < -0.39 is 0 Å². The summed E-state index contributed by atoms with van der Waals surface area (Å²) in [5, 5.41) is 4.53. The smallest absolute Gasteiger partial charge is 0.260 e. The minimum atomic E-state index is 0.392. The van der Waals surface area contributed by atoms with E-state index in [2.05, 4.69) is 15.1 Å².